The van der Waals surface area contributed by atoms with Crippen molar-refractivity contribution < 1.29 is 23.0 Å². The first-order chi connectivity index (χ1) is 14.2. The molecular weight excluding hydrogens is 392 g/mol. The summed E-state index contributed by atoms with van der Waals surface area (Å²) in [6.07, 6.45) is 4.60. The first kappa shape index (κ1) is 21.5. The van der Waals surface area contributed by atoms with Crippen LogP contribution in [0.15, 0.2) is 48.9 Å². The molecule has 160 valence electrons. The zero-order chi connectivity index (χ0) is 21.9. The second kappa shape index (κ2) is 8.69. The summed E-state index contributed by atoms with van der Waals surface area (Å²) < 4.78 is 37.4. The Labute approximate surface area is 174 Å². The molecule has 1 amide bonds. The summed E-state index contributed by atoms with van der Waals surface area (Å²) in [6, 6.07) is 9.09. The highest BCUT2D eigenvalue weighted by molar-refractivity contribution is 5.71. The first-order valence-corrected chi connectivity index (χ1v) is 9.65. The molecule has 1 aromatic carbocycles. The molecule has 0 fully saturated rings. The lowest BCUT2D eigenvalue weighted by atomic mass is 10.0. The van der Waals surface area contributed by atoms with E-state index in [1.165, 1.54) is 6.20 Å². The number of rotatable bonds is 6. The minimum Gasteiger partial charge on any atom is -0.444 e. The Bertz CT molecular complexity index is 1030. The lowest BCUT2D eigenvalue weighted by Crippen LogP contribution is -2.36. The van der Waals surface area contributed by atoms with Crippen LogP contribution in [0.25, 0.3) is 16.8 Å². The third kappa shape index (κ3) is 5.25. The molecule has 3 rings (SSSR count). The van der Waals surface area contributed by atoms with E-state index < -0.39 is 12.2 Å². The zero-order valence-electron chi connectivity index (χ0n) is 17.4. The fraction of sp³-hybridized carbons (Fsp3) is 0.364. The summed E-state index contributed by atoms with van der Waals surface area (Å²) in [6.45, 7) is 5.27. The van der Waals surface area contributed by atoms with Gasteiger partial charge in [-0.25, -0.2) is 9.78 Å². The number of carbonyl (C=O) groups is 1. The quantitative estimate of drug-likeness (QED) is 0.542. The van der Waals surface area contributed by atoms with Gasteiger partial charge in [-0.1, -0.05) is 18.2 Å². The number of halogens is 2. The molecule has 0 aliphatic heterocycles. The number of hydrogen-bond acceptors (Lipinski definition) is 4. The van der Waals surface area contributed by atoms with E-state index in [0.29, 0.717) is 24.3 Å². The highest BCUT2D eigenvalue weighted by atomic mass is 19.3. The molecule has 3 aromatic rings. The minimum atomic E-state index is -2.95. The van der Waals surface area contributed by atoms with Crippen molar-refractivity contribution in [3.63, 3.8) is 0 Å². The molecule has 0 unspecified atom stereocenters. The van der Waals surface area contributed by atoms with Crippen LogP contribution in [0.3, 0.4) is 0 Å². The third-order valence-electron chi connectivity index (χ3n) is 4.34. The van der Waals surface area contributed by atoms with E-state index in [-0.39, 0.29) is 11.8 Å². The molecule has 2 heterocycles. The van der Waals surface area contributed by atoms with Crippen LogP contribution in [-0.4, -0.2) is 39.1 Å². The summed E-state index contributed by atoms with van der Waals surface area (Å²) in [4.78, 5) is 18.1. The predicted octanol–water partition coefficient (Wildman–Crippen LogP) is 5.36. The fourth-order valence-electron chi connectivity index (χ4n) is 3.04. The summed E-state index contributed by atoms with van der Waals surface area (Å²) in [5, 5.41) is 0. The standard InChI is InChI=1S/C22H25F2N3O3/c1-5-26(21(28)30-22(2,3)4)13-15-7-6-8-16(11-15)17-12-18(29-20(23)24)19-25-9-10-27(19)14-17/h6-12,14,20H,5,13H2,1-4H3. The van der Waals surface area contributed by atoms with E-state index in [0.717, 1.165) is 11.1 Å². The molecule has 0 atom stereocenters. The molecule has 0 aliphatic rings. The first-order valence-electron chi connectivity index (χ1n) is 9.65. The summed E-state index contributed by atoms with van der Waals surface area (Å²) in [5.74, 6) is 0.00171. The normalized spacial score (nSPS) is 11.7. The number of benzene rings is 1. The molecule has 0 saturated heterocycles. The largest absolute Gasteiger partial charge is 0.444 e. The molecule has 30 heavy (non-hydrogen) atoms. The molecule has 0 N–H and O–H groups in total. The Hall–Kier alpha value is -3.16. The van der Waals surface area contributed by atoms with E-state index >= 15 is 0 Å². The summed E-state index contributed by atoms with van der Waals surface area (Å²) in [7, 11) is 0. The minimum absolute atomic E-state index is 0.00171. The van der Waals surface area contributed by atoms with Crippen LogP contribution < -0.4 is 4.74 Å². The number of ether oxygens (including phenoxy) is 2. The second-order valence-electron chi connectivity index (χ2n) is 7.82. The van der Waals surface area contributed by atoms with Crippen molar-refractivity contribution in [2.75, 3.05) is 6.54 Å². The number of hydrogen-bond donors (Lipinski definition) is 0. The third-order valence-corrected chi connectivity index (χ3v) is 4.34. The topological polar surface area (TPSA) is 56.1 Å². The smallest absolute Gasteiger partial charge is 0.410 e. The van der Waals surface area contributed by atoms with E-state index in [1.807, 2.05) is 52.0 Å². The Morgan fingerprint density at radius 3 is 2.67 bits per heavy atom. The van der Waals surface area contributed by atoms with Gasteiger partial charge in [0, 0.05) is 37.2 Å². The van der Waals surface area contributed by atoms with E-state index in [1.54, 1.807) is 27.8 Å². The SMILES string of the molecule is CCN(Cc1cccc(-c2cc(OC(F)F)c3nccn3c2)c1)C(=O)OC(C)(C)C. The maximum Gasteiger partial charge on any atom is 0.410 e. The Balaban J connectivity index is 1.89. The van der Waals surface area contributed by atoms with Crippen LogP contribution in [0, 0.1) is 0 Å². The average Bonchev–Trinajstić information content (AvgIpc) is 3.13. The van der Waals surface area contributed by atoms with Gasteiger partial charge in [-0.2, -0.15) is 8.78 Å². The number of imidazole rings is 1. The molecule has 0 radical (unpaired) electrons. The van der Waals surface area contributed by atoms with Crippen molar-refractivity contribution in [3.8, 4) is 16.9 Å². The van der Waals surface area contributed by atoms with Gasteiger partial charge in [0.2, 0.25) is 0 Å². The van der Waals surface area contributed by atoms with Crippen molar-refractivity contribution >= 4 is 11.7 Å². The van der Waals surface area contributed by atoms with Gasteiger partial charge in [-0.3, -0.25) is 0 Å². The Morgan fingerprint density at radius 1 is 1.23 bits per heavy atom. The molecule has 0 spiro atoms. The molecule has 6 nitrogen and oxygen atoms in total. The van der Waals surface area contributed by atoms with Crippen LogP contribution in [0.5, 0.6) is 5.75 Å². The van der Waals surface area contributed by atoms with Gasteiger partial charge in [0.1, 0.15) is 5.60 Å². The fourth-order valence-corrected chi connectivity index (χ4v) is 3.04. The number of fused-ring (bicyclic) bond motifs is 1. The van der Waals surface area contributed by atoms with Gasteiger partial charge in [-0.15, -0.1) is 0 Å². The van der Waals surface area contributed by atoms with Crippen LogP contribution >= 0.6 is 0 Å². The van der Waals surface area contributed by atoms with Crippen molar-refractivity contribution in [3.05, 3.63) is 54.5 Å². The highest BCUT2D eigenvalue weighted by Gasteiger charge is 2.21. The van der Waals surface area contributed by atoms with Gasteiger partial charge in [0.25, 0.3) is 0 Å². The highest BCUT2D eigenvalue weighted by Crippen LogP contribution is 2.29. The van der Waals surface area contributed by atoms with Crippen LogP contribution in [0.2, 0.25) is 0 Å². The second-order valence-corrected chi connectivity index (χ2v) is 7.82. The maximum atomic E-state index is 12.8. The number of alkyl halides is 2. The van der Waals surface area contributed by atoms with Gasteiger partial charge in [-0.05, 0) is 51.0 Å². The van der Waals surface area contributed by atoms with Gasteiger partial charge < -0.3 is 18.8 Å². The lowest BCUT2D eigenvalue weighted by molar-refractivity contribution is -0.0491. The van der Waals surface area contributed by atoms with Crippen molar-refractivity contribution in [2.24, 2.45) is 0 Å². The number of pyridine rings is 1. The Kier molecular flexibility index (Phi) is 6.24. The summed E-state index contributed by atoms with van der Waals surface area (Å²) in [5.41, 5.74) is 2.13. The van der Waals surface area contributed by atoms with Crippen molar-refractivity contribution in [1.82, 2.24) is 14.3 Å². The average molecular weight is 417 g/mol. The van der Waals surface area contributed by atoms with Crippen molar-refractivity contribution in [2.45, 2.75) is 46.5 Å². The zero-order valence-corrected chi connectivity index (χ0v) is 17.4. The van der Waals surface area contributed by atoms with Crippen LogP contribution in [0.4, 0.5) is 13.6 Å². The predicted molar refractivity (Wildman–Crippen MR) is 110 cm³/mol. The van der Waals surface area contributed by atoms with Gasteiger partial charge in [0.05, 0.1) is 0 Å². The monoisotopic (exact) mass is 417 g/mol. The van der Waals surface area contributed by atoms with E-state index in [2.05, 4.69) is 9.72 Å². The maximum absolute atomic E-state index is 12.8. The molecular formula is C22H25F2N3O3. The number of carbonyl (C=O) groups excluding carboxylic acids is 1. The number of aromatic nitrogens is 2. The van der Waals surface area contributed by atoms with Crippen LogP contribution in [-0.2, 0) is 11.3 Å². The summed E-state index contributed by atoms with van der Waals surface area (Å²) >= 11 is 0. The molecule has 0 saturated carbocycles. The van der Waals surface area contributed by atoms with Gasteiger partial charge in [0.15, 0.2) is 11.4 Å². The van der Waals surface area contributed by atoms with E-state index in [9.17, 15) is 13.6 Å². The number of amides is 1. The van der Waals surface area contributed by atoms with Crippen molar-refractivity contribution in [1.29, 1.82) is 0 Å². The van der Waals surface area contributed by atoms with Gasteiger partial charge >= 0.3 is 12.7 Å². The van der Waals surface area contributed by atoms with E-state index in [4.69, 9.17) is 4.74 Å². The number of nitrogens with zero attached hydrogens (tertiary/aromatic N) is 3. The lowest BCUT2D eigenvalue weighted by Gasteiger charge is -2.26. The van der Waals surface area contributed by atoms with Crippen LogP contribution in [0.1, 0.15) is 33.3 Å². The Morgan fingerprint density at radius 2 is 2.00 bits per heavy atom. The molecule has 8 heteroatoms. The molecule has 2 aromatic heterocycles. The molecule has 0 bridgehead atoms. The molecule has 0 aliphatic carbocycles.